The number of phosphoric acid groups is 1. The molecule has 0 radical (unpaired) electrons. The highest BCUT2D eigenvalue weighted by molar-refractivity contribution is 7.47. The van der Waals surface area contributed by atoms with Crippen molar-refractivity contribution >= 4 is 19.8 Å². The molecule has 2 atom stereocenters. The molecule has 0 aliphatic carbocycles. The lowest BCUT2D eigenvalue weighted by Gasteiger charge is -2.19. The van der Waals surface area contributed by atoms with Crippen molar-refractivity contribution in [3.05, 3.63) is 97.2 Å². The Kier molecular flexibility index (Phi) is 48.0. The molecule has 0 aromatic rings. The van der Waals surface area contributed by atoms with Crippen LogP contribution in [0.1, 0.15) is 206 Å². The van der Waals surface area contributed by atoms with Crippen LogP contribution in [0, 0.1) is 0 Å². The standard InChI is InChI=1S/C55H94NO8P/c1-3-5-7-9-11-13-15-17-19-21-23-25-26-28-30-32-34-36-38-40-42-44-46-48-55(58)64-53(52-63-65(59,60)62-50-49-56)51-61-54(57)47-45-43-41-39-37-35-33-31-29-27-24-22-20-18-16-14-12-10-8-6-4-2/h5,7,11,13,16-19,22-25,28,30,34,36,53H,3-4,6,8-10,12,14-15,20-21,26-27,29,31-33,35,37-52,56H2,1-2H3,(H,59,60)/b7-5-,13-11-,18-16-,19-17-,24-22-,25-23-,30-28-,36-34-. The number of ether oxygens (including phenoxy) is 2. The van der Waals surface area contributed by atoms with Gasteiger partial charge in [0.25, 0.3) is 0 Å². The number of nitrogens with two attached hydrogens (primary N) is 1. The first-order chi connectivity index (χ1) is 31.8. The Morgan fingerprint density at radius 2 is 0.846 bits per heavy atom. The molecule has 0 aliphatic rings. The fraction of sp³-hybridized carbons (Fsp3) is 0.673. The number of rotatable bonds is 47. The zero-order chi connectivity index (χ0) is 47.4. The summed E-state index contributed by atoms with van der Waals surface area (Å²) >= 11 is 0. The molecule has 0 aromatic carbocycles. The molecule has 9 nitrogen and oxygen atoms in total. The summed E-state index contributed by atoms with van der Waals surface area (Å²) in [6, 6.07) is 0. The quantitative estimate of drug-likeness (QED) is 0.0265. The molecule has 3 N–H and O–H groups in total. The number of hydrogen-bond acceptors (Lipinski definition) is 8. The zero-order valence-electron chi connectivity index (χ0n) is 41.2. The normalized spacial score (nSPS) is 14.0. The van der Waals surface area contributed by atoms with E-state index < -0.39 is 32.5 Å². The summed E-state index contributed by atoms with van der Waals surface area (Å²) in [6.07, 6.45) is 65.8. The molecule has 65 heavy (non-hydrogen) atoms. The summed E-state index contributed by atoms with van der Waals surface area (Å²) in [5.74, 6) is -0.867. The summed E-state index contributed by atoms with van der Waals surface area (Å²) in [5.41, 5.74) is 5.37. The van der Waals surface area contributed by atoms with E-state index in [1.54, 1.807) is 0 Å². The van der Waals surface area contributed by atoms with E-state index in [9.17, 15) is 19.0 Å². The summed E-state index contributed by atoms with van der Waals surface area (Å²) in [6.45, 7) is 3.57. The number of carbonyl (C=O) groups excluding carboxylic acids is 2. The Morgan fingerprint density at radius 1 is 0.477 bits per heavy atom. The largest absolute Gasteiger partial charge is 0.472 e. The van der Waals surface area contributed by atoms with Gasteiger partial charge in [-0.25, -0.2) is 4.57 Å². The lowest BCUT2D eigenvalue weighted by Crippen LogP contribution is -2.29. The molecule has 0 bridgehead atoms. The average Bonchev–Trinajstić information content (AvgIpc) is 3.30. The van der Waals surface area contributed by atoms with Crippen LogP contribution in [0.25, 0.3) is 0 Å². The van der Waals surface area contributed by atoms with E-state index in [-0.39, 0.29) is 32.6 Å². The smallest absolute Gasteiger partial charge is 0.462 e. The average molecular weight is 928 g/mol. The second-order valence-corrected chi connectivity index (χ2v) is 18.1. The maximum Gasteiger partial charge on any atom is 0.472 e. The molecule has 0 amide bonds. The van der Waals surface area contributed by atoms with Crippen LogP contribution in [0.4, 0.5) is 0 Å². The molecular formula is C55H94NO8P. The molecule has 0 spiro atoms. The van der Waals surface area contributed by atoms with Crippen molar-refractivity contribution in [3.8, 4) is 0 Å². The first kappa shape index (κ1) is 61.9. The first-order valence-electron chi connectivity index (χ1n) is 25.7. The van der Waals surface area contributed by atoms with Crippen LogP contribution in [0.5, 0.6) is 0 Å². The van der Waals surface area contributed by atoms with Gasteiger partial charge in [-0.3, -0.25) is 18.6 Å². The van der Waals surface area contributed by atoms with Gasteiger partial charge in [0.1, 0.15) is 6.61 Å². The minimum atomic E-state index is -4.40. The van der Waals surface area contributed by atoms with Crippen LogP contribution in [0.3, 0.4) is 0 Å². The van der Waals surface area contributed by atoms with Gasteiger partial charge in [-0.1, -0.05) is 195 Å². The van der Waals surface area contributed by atoms with E-state index in [1.165, 1.54) is 70.6 Å². The Hall–Kier alpha value is -3.07. The molecular weight excluding hydrogens is 834 g/mol. The summed E-state index contributed by atoms with van der Waals surface area (Å²) < 4.78 is 32.9. The topological polar surface area (TPSA) is 134 Å². The van der Waals surface area contributed by atoms with E-state index in [0.29, 0.717) is 6.42 Å². The van der Waals surface area contributed by atoms with Gasteiger partial charge < -0.3 is 20.1 Å². The predicted octanol–water partition coefficient (Wildman–Crippen LogP) is 15.7. The highest BCUT2D eigenvalue weighted by Crippen LogP contribution is 2.43. The molecule has 0 rings (SSSR count). The number of allylic oxidation sites excluding steroid dienone is 16. The molecule has 0 saturated heterocycles. The van der Waals surface area contributed by atoms with E-state index in [4.69, 9.17) is 24.3 Å². The summed E-state index contributed by atoms with van der Waals surface area (Å²) in [4.78, 5) is 35.1. The number of phosphoric ester groups is 1. The van der Waals surface area contributed by atoms with Gasteiger partial charge >= 0.3 is 19.8 Å². The van der Waals surface area contributed by atoms with Gasteiger partial charge in [0.05, 0.1) is 13.2 Å². The lowest BCUT2D eigenvalue weighted by molar-refractivity contribution is -0.161. The minimum absolute atomic E-state index is 0.0430. The fourth-order valence-corrected chi connectivity index (χ4v) is 7.43. The van der Waals surface area contributed by atoms with Gasteiger partial charge in [0.2, 0.25) is 0 Å². The maximum atomic E-state index is 12.7. The molecule has 2 unspecified atom stereocenters. The monoisotopic (exact) mass is 928 g/mol. The lowest BCUT2D eigenvalue weighted by atomic mass is 10.1. The second-order valence-electron chi connectivity index (χ2n) is 16.7. The third-order valence-corrected chi connectivity index (χ3v) is 11.4. The number of carbonyl (C=O) groups is 2. The van der Waals surface area contributed by atoms with Crippen molar-refractivity contribution in [2.45, 2.75) is 213 Å². The third kappa shape index (κ3) is 50.2. The van der Waals surface area contributed by atoms with Gasteiger partial charge in [-0.2, -0.15) is 0 Å². The van der Waals surface area contributed by atoms with Crippen molar-refractivity contribution in [2.75, 3.05) is 26.4 Å². The van der Waals surface area contributed by atoms with Crippen LogP contribution in [-0.4, -0.2) is 49.3 Å². The van der Waals surface area contributed by atoms with E-state index in [0.717, 1.165) is 103 Å². The SMILES string of the molecule is CC/C=C\C/C=C\C/C=C\C/C=C\C/C=C\C/C=C\CCCCCCC(=O)OC(COC(=O)CCCCCCCCCCC/C=C\C/C=C\CCCCCCC)COP(=O)(O)OCCN. The van der Waals surface area contributed by atoms with Crippen LogP contribution in [-0.2, 0) is 32.7 Å². The number of unbranched alkanes of at least 4 members (excludes halogenated alkanes) is 18. The van der Waals surface area contributed by atoms with E-state index in [2.05, 4.69) is 111 Å². The highest BCUT2D eigenvalue weighted by atomic mass is 31.2. The molecule has 0 aliphatic heterocycles. The van der Waals surface area contributed by atoms with Gasteiger partial charge in [0.15, 0.2) is 6.10 Å². The van der Waals surface area contributed by atoms with Crippen molar-refractivity contribution in [3.63, 3.8) is 0 Å². The van der Waals surface area contributed by atoms with Crippen LogP contribution < -0.4 is 5.73 Å². The van der Waals surface area contributed by atoms with Gasteiger partial charge in [0, 0.05) is 19.4 Å². The second kappa shape index (κ2) is 50.3. The summed E-state index contributed by atoms with van der Waals surface area (Å²) in [5, 5.41) is 0. The Morgan fingerprint density at radius 3 is 1.26 bits per heavy atom. The first-order valence-corrected chi connectivity index (χ1v) is 27.2. The molecule has 10 heteroatoms. The van der Waals surface area contributed by atoms with Crippen LogP contribution in [0.2, 0.25) is 0 Å². The molecule has 0 heterocycles. The van der Waals surface area contributed by atoms with Crippen molar-refractivity contribution in [2.24, 2.45) is 5.73 Å². The molecule has 372 valence electrons. The highest BCUT2D eigenvalue weighted by Gasteiger charge is 2.26. The number of hydrogen-bond donors (Lipinski definition) is 2. The van der Waals surface area contributed by atoms with Gasteiger partial charge in [-0.15, -0.1) is 0 Å². The zero-order valence-corrected chi connectivity index (χ0v) is 42.1. The van der Waals surface area contributed by atoms with Crippen molar-refractivity contribution in [1.29, 1.82) is 0 Å². The van der Waals surface area contributed by atoms with E-state index in [1.807, 2.05) is 0 Å². The van der Waals surface area contributed by atoms with Crippen molar-refractivity contribution in [1.82, 2.24) is 0 Å². The molecule has 0 saturated carbocycles. The maximum absolute atomic E-state index is 12.7. The Balaban J connectivity index is 4.15. The van der Waals surface area contributed by atoms with Crippen LogP contribution in [0.15, 0.2) is 97.2 Å². The fourth-order valence-electron chi connectivity index (χ4n) is 6.67. The summed E-state index contributed by atoms with van der Waals surface area (Å²) in [7, 11) is -4.40. The third-order valence-electron chi connectivity index (χ3n) is 10.5. The molecule has 0 fully saturated rings. The van der Waals surface area contributed by atoms with Crippen molar-refractivity contribution < 1.29 is 37.6 Å². The van der Waals surface area contributed by atoms with Crippen LogP contribution >= 0.6 is 7.82 Å². The van der Waals surface area contributed by atoms with Gasteiger partial charge in [-0.05, 0) is 96.3 Å². The Labute approximate surface area is 397 Å². The minimum Gasteiger partial charge on any atom is -0.462 e. The predicted molar refractivity (Wildman–Crippen MR) is 275 cm³/mol. The number of esters is 2. The van der Waals surface area contributed by atoms with E-state index >= 15 is 0 Å². The molecule has 0 aromatic heterocycles. The Bertz CT molecular complexity index is 1380.